The summed E-state index contributed by atoms with van der Waals surface area (Å²) in [6.45, 7) is 4.96. The van der Waals surface area contributed by atoms with Gasteiger partial charge in [-0.25, -0.2) is 0 Å². The predicted molar refractivity (Wildman–Crippen MR) is 78.0 cm³/mol. The van der Waals surface area contributed by atoms with Gasteiger partial charge in [-0.05, 0) is 31.5 Å². The summed E-state index contributed by atoms with van der Waals surface area (Å²) in [5.74, 6) is 1.44. The van der Waals surface area contributed by atoms with E-state index in [1.165, 1.54) is 14.2 Å². The molecule has 6 heteroatoms. The minimum atomic E-state index is -0.452. The number of aliphatic hydroxyl groups excluding tert-OH is 1. The first kappa shape index (κ1) is 17.6. The van der Waals surface area contributed by atoms with Gasteiger partial charge in [-0.3, -0.25) is 0 Å². The number of hydrogen-bond acceptors (Lipinski definition) is 6. The van der Waals surface area contributed by atoms with Crippen LogP contribution < -0.4 is 14.2 Å². The van der Waals surface area contributed by atoms with Crippen LogP contribution in [0.3, 0.4) is 0 Å². The van der Waals surface area contributed by atoms with Crippen molar-refractivity contribution in [3.05, 3.63) is 17.7 Å². The van der Waals surface area contributed by atoms with E-state index in [9.17, 15) is 5.11 Å². The highest BCUT2D eigenvalue weighted by Gasteiger charge is 2.17. The molecule has 0 atom stereocenters. The van der Waals surface area contributed by atoms with Gasteiger partial charge in [0.15, 0.2) is 17.8 Å². The highest BCUT2D eigenvalue weighted by molar-refractivity contribution is 5.53. The van der Waals surface area contributed by atoms with Gasteiger partial charge < -0.3 is 28.8 Å². The monoisotopic (exact) mass is 300 g/mol. The molecule has 0 bridgehead atoms. The predicted octanol–water partition coefficient (Wildman–Crippen LogP) is 1.97. The second-order valence-corrected chi connectivity index (χ2v) is 4.14. The molecule has 1 N–H and O–H groups in total. The van der Waals surface area contributed by atoms with Crippen LogP contribution in [-0.2, 0) is 16.1 Å². The highest BCUT2D eigenvalue weighted by atomic mass is 16.7. The number of rotatable bonds is 10. The fourth-order valence-corrected chi connectivity index (χ4v) is 1.84. The largest absolute Gasteiger partial charge is 0.493 e. The molecule has 0 radical (unpaired) electrons. The molecular weight excluding hydrogens is 276 g/mol. The minimum Gasteiger partial charge on any atom is -0.493 e. The molecule has 0 heterocycles. The Hall–Kier alpha value is -1.50. The molecule has 6 nitrogen and oxygen atoms in total. The van der Waals surface area contributed by atoms with E-state index in [4.69, 9.17) is 23.7 Å². The summed E-state index contributed by atoms with van der Waals surface area (Å²) in [5, 5.41) is 9.23. The molecule has 0 fully saturated rings. The molecule has 0 aliphatic rings. The van der Waals surface area contributed by atoms with Crippen LogP contribution in [0.2, 0.25) is 0 Å². The van der Waals surface area contributed by atoms with Crippen LogP contribution in [0.5, 0.6) is 17.2 Å². The van der Waals surface area contributed by atoms with E-state index in [1.807, 2.05) is 13.8 Å². The third-order valence-corrected chi connectivity index (χ3v) is 2.77. The molecule has 0 amide bonds. The van der Waals surface area contributed by atoms with Gasteiger partial charge in [-0.1, -0.05) is 0 Å². The van der Waals surface area contributed by atoms with Crippen molar-refractivity contribution >= 4 is 0 Å². The van der Waals surface area contributed by atoms with Crippen molar-refractivity contribution in [2.24, 2.45) is 0 Å². The van der Waals surface area contributed by atoms with E-state index < -0.39 is 6.29 Å². The molecule has 1 rings (SSSR count). The van der Waals surface area contributed by atoms with Crippen molar-refractivity contribution < 1.29 is 28.8 Å². The average Bonchev–Trinajstić information content (AvgIpc) is 2.52. The molecule has 0 aliphatic carbocycles. The first-order valence-corrected chi connectivity index (χ1v) is 6.91. The molecule has 120 valence electrons. The summed E-state index contributed by atoms with van der Waals surface area (Å²) in [6.07, 6.45) is -0.452. The zero-order valence-electron chi connectivity index (χ0n) is 13.0. The van der Waals surface area contributed by atoms with Gasteiger partial charge in [0.05, 0.1) is 20.8 Å². The smallest absolute Gasteiger partial charge is 0.203 e. The molecule has 0 saturated heterocycles. The van der Waals surface area contributed by atoms with Crippen LogP contribution in [0, 0.1) is 0 Å². The zero-order valence-corrected chi connectivity index (χ0v) is 13.0. The normalized spacial score (nSPS) is 10.8. The lowest BCUT2D eigenvalue weighted by atomic mass is 10.2. The van der Waals surface area contributed by atoms with Gasteiger partial charge in [-0.15, -0.1) is 0 Å². The number of benzene rings is 1. The Balaban J connectivity index is 2.89. The Morgan fingerprint density at radius 1 is 1.00 bits per heavy atom. The first-order valence-electron chi connectivity index (χ1n) is 6.91. The Kier molecular flexibility index (Phi) is 7.89. The van der Waals surface area contributed by atoms with Gasteiger partial charge in [0, 0.05) is 13.2 Å². The Labute approximate surface area is 125 Å². The first-order chi connectivity index (χ1) is 10.2. The summed E-state index contributed by atoms with van der Waals surface area (Å²) in [6, 6.07) is 3.41. The molecule has 1 aromatic carbocycles. The third kappa shape index (κ3) is 5.08. The van der Waals surface area contributed by atoms with Crippen LogP contribution in [0.25, 0.3) is 0 Å². The van der Waals surface area contributed by atoms with Crippen molar-refractivity contribution in [3.63, 3.8) is 0 Å². The van der Waals surface area contributed by atoms with E-state index in [2.05, 4.69) is 0 Å². The van der Waals surface area contributed by atoms with Gasteiger partial charge >= 0.3 is 0 Å². The number of aliphatic hydroxyl groups is 1. The molecule has 21 heavy (non-hydrogen) atoms. The van der Waals surface area contributed by atoms with Crippen LogP contribution in [-0.4, -0.2) is 45.4 Å². The quantitative estimate of drug-likeness (QED) is 0.666. The van der Waals surface area contributed by atoms with Crippen LogP contribution in [0.1, 0.15) is 19.4 Å². The second kappa shape index (κ2) is 9.44. The molecule has 0 spiro atoms. The summed E-state index contributed by atoms with van der Waals surface area (Å²) in [7, 11) is 3.07. The average molecular weight is 300 g/mol. The van der Waals surface area contributed by atoms with Crippen molar-refractivity contribution in [3.8, 4) is 17.2 Å². The number of hydrogen-bond donors (Lipinski definition) is 1. The van der Waals surface area contributed by atoms with Gasteiger partial charge in [0.2, 0.25) is 5.75 Å². The maximum Gasteiger partial charge on any atom is 0.203 e. The lowest BCUT2D eigenvalue weighted by molar-refractivity contribution is -0.152. The van der Waals surface area contributed by atoms with E-state index in [-0.39, 0.29) is 13.2 Å². The van der Waals surface area contributed by atoms with E-state index in [1.54, 1.807) is 12.1 Å². The van der Waals surface area contributed by atoms with E-state index >= 15 is 0 Å². The van der Waals surface area contributed by atoms with Crippen LogP contribution in [0.15, 0.2) is 12.1 Å². The van der Waals surface area contributed by atoms with Gasteiger partial charge in [-0.2, -0.15) is 0 Å². The maximum absolute atomic E-state index is 9.23. The molecule has 0 saturated carbocycles. The Morgan fingerprint density at radius 3 is 1.90 bits per heavy atom. The van der Waals surface area contributed by atoms with Gasteiger partial charge in [0.1, 0.15) is 6.61 Å². The fourth-order valence-electron chi connectivity index (χ4n) is 1.84. The van der Waals surface area contributed by atoms with Crippen molar-refractivity contribution in [2.45, 2.75) is 26.7 Å². The summed E-state index contributed by atoms with van der Waals surface area (Å²) in [4.78, 5) is 0. The standard InChI is InChI=1S/C15H24O6/c1-5-19-14(20-6-2)10-21-15-12(17-3)7-11(9-16)8-13(15)18-4/h7-8,14,16H,5-6,9-10H2,1-4H3. The Bertz CT molecular complexity index is 390. The van der Waals surface area contributed by atoms with Crippen LogP contribution in [0.4, 0.5) is 0 Å². The number of ether oxygens (including phenoxy) is 5. The summed E-state index contributed by atoms with van der Waals surface area (Å²) >= 11 is 0. The molecule has 1 aromatic rings. The Morgan fingerprint density at radius 2 is 1.52 bits per heavy atom. The lowest BCUT2D eigenvalue weighted by Gasteiger charge is -2.20. The fraction of sp³-hybridized carbons (Fsp3) is 0.600. The second-order valence-electron chi connectivity index (χ2n) is 4.14. The van der Waals surface area contributed by atoms with E-state index in [0.29, 0.717) is 36.0 Å². The molecular formula is C15H24O6. The SMILES string of the molecule is CCOC(COc1c(OC)cc(CO)cc1OC)OCC. The molecule has 0 aromatic heterocycles. The zero-order chi connectivity index (χ0) is 15.7. The number of methoxy groups -OCH3 is 2. The maximum atomic E-state index is 9.23. The third-order valence-electron chi connectivity index (χ3n) is 2.77. The van der Waals surface area contributed by atoms with Crippen molar-refractivity contribution in [1.82, 2.24) is 0 Å². The minimum absolute atomic E-state index is 0.104. The lowest BCUT2D eigenvalue weighted by Crippen LogP contribution is -2.25. The van der Waals surface area contributed by atoms with E-state index in [0.717, 1.165) is 0 Å². The van der Waals surface area contributed by atoms with Gasteiger partial charge in [0.25, 0.3) is 0 Å². The highest BCUT2D eigenvalue weighted by Crippen LogP contribution is 2.38. The topological polar surface area (TPSA) is 66.4 Å². The van der Waals surface area contributed by atoms with Crippen LogP contribution >= 0.6 is 0 Å². The molecule has 0 aliphatic heterocycles. The van der Waals surface area contributed by atoms with Crippen molar-refractivity contribution in [1.29, 1.82) is 0 Å². The molecule has 0 unspecified atom stereocenters. The summed E-state index contributed by atoms with van der Waals surface area (Å²) < 4.78 is 27.2. The summed E-state index contributed by atoms with van der Waals surface area (Å²) in [5.41, 5.74) is 0.683. The van der Waals surface area contributed by atoms with Crippen molar-refractivity contribution in [2.75, 3.05) is 34.0 Å².